The fraction of sp³-hybridized carbons (Fsp3) is 0.353. The molecule has 6 heteroatoms. The highest BCUT2D eigenvalue weighted by Gasteiger charge is 2.38. The molecule has 1 heterocycles. The zero-order valence-corrected chi connectivity index (χ0v) is 24.7. The number of thioether (sulfide) groups is 1. The average molecular weight is 555 g/mol. The number of carbonyl (C=O) groups is 1. The largest absolute Gasteiger partial charge is 0.490 e. The van der Waals surface area contributed by atoms with E-state index in [1.54, 1.807) is 0 Å². The zero-order chi connectivity index (χ0) is 28.1. The van der Waals surface area contributed by atoms with Crippen molar-refractivity contribution in [3.8, 4) is 11.5 Å². The van der Waals surface area contributed by atoms with Gasteiger partial charge in [-0.2, -0.15) is 0 Å². The van der Waals surface area contributed by atoms with Crippen LogP contribution in [0, 0.1) is 20.8 Å². The minimum Gasteiger partial charge on any atom is -0.490 e. The van der Waals surface area contributed by atoms with Crippen molar-refractivity contribution in [2.75, 3.05) is 6.61 Å². The molecule has 1 aliphatic carbocycles. The van der Waals surface area contributed by atoms with E-state index >= 15 is 0 Å². The van der Waals surface area contributed by atoms with Gasteiger partial charge < -0.3 is 9.47 Å². The highest BCUT2D eigenvalue weighted by molar-refractivity contribution is 8.18. The van der Waals surface area contributed by atoms with Gasteiger partial charge in [0.25, 0.3) is 5.91 Å². The van der Waals surface area contributed by atoms with Crippen LogP contribution in [0.5, 0.6) is 11.5 Å². The smallest absolute Gasteiger partial charge is 0.267 e. The molecule has 5 nitrogen and oxygen atoms in total. The topological polar surface area (TPSA) is 51.1 Å². The lowest BCUT2D eigenvalue weighted by Crippen LogP contribution is -2.40. The van der Waals surface area contributed by atoms with Gasteiger partial charge in [0, 0.05) is 6.04 Å². The molecule has 1 saturated heterocycles. The van der Waals surface area contributed by atoms with Gasteiger partial charge >= 0.3 is 0 Å². The van der Waals surface area contributed by atoms with Crippen molar-refractivity contribution in [3.05, 3.63) is 93.4 Å². The molecule has 0 radical (unpaired) electrons. The molecule has 1 aliphatic heterocycles. The number of rotatable bonds is 8. The molecule has 3 aromatic rings. The fourth-order valence-electron chi connectivity index (χ4n) is 5.58. The van der Waals surface area contributed by atoms with Gasteiger partial charge in [-0.15, -0.1) is 0 Å². The van der Waals surface area contributed by atoms with Crippen LogP contribution in [-0.4, -0.2) is 28.6 Å². The highest BCUT2D eigenvalue weighted by Crippen LogP contribution is 2.39. The maximum Gasteiger partial charge on any atom is 0.267 e. The van der Waals surface area contributed by atoms with Crippen molar-refractivity contribution < 1.29 is 14.3 Å². The number of aryl methyl sites for hydroxylation is 3. The van der Waals surface area contributed by atoms with Gasteiger partial charge in [0.05, 0.1) is 17.2 Å². The van der Waals surface area contributed by atoms with E-state index in [9.17, 15) is 4.79 Å². The Balaban J connectivity index is 1.41. The van der Waals surface area contributed by atoms with Crippen LogP contribution >= 0.6 is 11.8 Å². The van der Waals surface area contributed by atoms with Gasteiger partial charge in [-0.25, -0.2) is 4.99 Å². The number of para-hydroxylation sites is 1. The Labute approximate surface area is 242 Å². The predicted octanol–water partition coefficient (Wildman–Crippen LogP) is 8.53. The molecule has 1 amide bonds. The van der Waals surface area contributed by atoms with Crippen LogP contribution in [-0.2, 0) is 11.4 Å². The van der Waals surface area contributed by atoms with Gasteiger partial charge in [-0.3, -0.25) is 9.69 Å². The van der Waals surface area contributed by atoms with Crippen molar-refractivity contribution >= 4 is 34.6 Å². The molecule has 3 aromatic carbocycles. The average Bonchev–Trinajstić information content (AvgIpc) is 3.24. The Morgan fingerprint density at radius 2 is 1.65 bits per heavy atom. The summed E-state index contributed by atoms with van der Waals surface area (Å²) in [5.41, 5.74) is 6.66. The van der Waals surface area contributed by atoms with E-state index < -0.39 is 0 Å². The number of amidine groups is 1. The third-order valence-electron chi connectivity index (χ3n) is 7.54. The minimum absolute atomic E-state index is 0.0372. The van der Waals surface area contributed by atoms with Crippen LogP contribution in [0.2, 0.25) is 0 Å². The second-order valence-electron chi connectivity index (χ2n) is 10.6. The van der Waals surface area contributed by atoms with Crippen molar-refractivity contribution in [1.82, 2.24) is 4.90 Å². The summed E-state index contributed by atoms with van der Waals surface area (Å²) in [7, 11) is 0. The summed E-state index contributed by atoms with van der Waals surface area (Å²) in [4.78, 5) is 21.2. The number of carbonyl (C=O) groups excluding carboxylic acids is 1. The van der Waals surface area contributed by atoms with Crippen LogP contribution < -0.4 is 9.47 Å². The molecule has 0 spiro atoms. The van der Waals surface area contributed by atoms with E-state index in [-0.39, 0.29) is 11.9 Å². The number of benzene rings is 3. The molecule has 5 rings (SSSR count). The Kier molecular flexibility index (Phi) is 8.95. The molecule has 208 valence electrons. The molecule has 40 heavy (non-hydrogen) atoms. The van der Waals surface area contributed by atoms with Crippen molar-refractivity contribution in [2.24, 2.45) is 4.99 Å². The molecule has 0 aromatic heterocycles. The monoisotopic (exact) mass is 554 g/mol. The second-order valence-corrected chi connectivity index (χ2v) is 11.6. The molecular formula is C34H38N2O3S. The Morgan fingerprint density at radius 1 is 0.925 bits per heavy atom. The van der Waals surface area contributed by atoms with Crippen LogP contribution in [0.3, 0.4) is 0 Å². The molecular weight excluding hydrogens is 516 g/mol. The first-order chi connectivity index (χ1) is 19.4. The third-order valence-corrected chi connectivity index (χ3v) is 8.52. The molecule has 0 bridgehead atoms. The molecule has 2 fully saturated rings. The molecule has 1 saturated carbocycles. The Hall–Kier alpha value is -3.51. The number of nitrogens with zero attached hydrogens (tertiary/aromatic N) is 2. The predicted molar refractivity (Wildman–Crippen MR) is 165 cm³/mol. The van der Waals surface area contributed by atoms with Crippen LogP contribution in [0.25, 0.3) is 6.08 Å². The maximum atomic E-state index is 13.7. The number of aliphatic imine (C=N–C) groups is 1. The van der Waals surface area contributed by atoms with E-state index in [4.69, 9.17) is 14.5 Å². The fourth-order valence-corrected chi connectivity index (χ4v) is 6.64. The maximum absolute atomic E-state index is 13.7. The molecule has 2 aliphatic rings. The van der Waals surface area contributed by atoms with Gasteiger partial charge in [0.15, 0.2) is 16.7 Å². The van der Waals surface area contributed by atoms with Gasteiger partial charge in [0.2, 0.25) is 0 Å². The highest BCUT2D eigenvalue weighted by atomic mass is 32.2. The third kappa shape index (κ3) is 6.44. The molecule has 0 N–H and O–H groups in total. The van der Waals surface area contributed by atoms with Gasteiger partial charge in [-0.1, -0.05) is 61.2 Å². The van der Waals surface area contributed by atoms with Crippen LogP contribution in [0.1, 0.15) is 66.8 Å². The normalized spacial score (nSPS) is 18.1. The summed E-state index contributed by atoms with van der Waals surface area (Å²) in [6, 6.07) is 20.4. The number of hydrogen-bond acceptors (Lipinski definition) is 5. The van der Waals surface area contributed by atoms with Gasteiger partial charge in [0.1, 0.15) is 6.61 Å². The summed E-state index contributed by atoms with van der Waals surface area (Å²) in [5.74, 6) is 1.41. The van der Waals surface area contributed by atoms with E-state index in [2.05, 4.69) is 32.9 Å². The molecule has 0 atom stereocenters. The van der Waals surface area contributed by atoms with Crippen molar-refractivity contribution in [3.63, 3.8) is 0 Å². The lowest BCUT2D eigenvalue weighted by molar-refractivity contribution is -0.124. The minimum atomic E-state index is 0.0372. The summed E-state index contributed by atoms with van der Waals surface area (Å²) in [6.45, 7) is 9.33. The standard InChI is InChI=1S/C34H38N2O3S/c1-5-38-31-20-26(16-17-30(31)39-22-29-24(3)18-23(2)19-25(29)4)21-32-33(37)36(28-14-10-7-11-15-28)34(40-32)35-27-12-8-6-9-13-27/h6,8-9,12-13,16-21,28H,5,7,10-11,14-15,22H2,1-4H3/b32-21-,35-34?. The number of ether oxygens (including phenoxy) is 2. The summed E-state index contributed by atoms with van der Waals surface area (Å²) < 4.78 is 12.2. The first kappa shape index (κ1) is 28.0. The first-order valence-corrected chi connectivity index (χ1v) is 15.1. The van der Waals surface area contributed by atoms with Crippen molar-refractivity contribution in [1.29, 1.82) is 0 Å². The number of hydrogen-bond donors (Lipinski definition) is 0. The van der Waals surface area contributed by atoms with E-state index in [1.807, 2.05) is 66.4 Å². The van der Waals surface area contributed by atoms with Gasteiger partial charge in [-0.05, 0) is 105 Å². The quantitative estimate of drug-likeness (QED) is 0.262. The molecule has 0 unspecified atom stereocenters. The SMILES string of the molecule is CCOc1cc(/C=C2\SC(=Nc3ccccc3)N(C3CCCCC3)C2=O)ccc1OCc1c(C)cc(C)cc1C. The number of amides is 1. The van der Waals surface area contributed by atoms with Crippen LogP contribution in [0.4, 0.5) is 5.69 Å². The Morgan fingerprint density at radius 3 is 2.35 bits per heavy atom. The van der Waals surface area contributed by atoms with Crippen molar-refractivity contribution in [2.45, 2.75) is 72.4 Å². The second kappa shape index (κ2) is 12.8. The Bertz CT molecular complexity index is 1400. The lowest BCUT2D eigenvalue weighted by Gasteiger charge is -2.30. The van der Waals surface area contributed by atoms with Crippen LogP contribution in [0.15, 0.2) is 70.6 Å². The summed E-state index contributed by atoms with van der Waals surface area (Å²) in [5, 5.41) is 0.767. The lowest BCUT2D eigenvalue weighted by atomic mass is 9.94. The van der Waals surface area contributed by atoms with E-state index in [1.165, 1.54) is 40.4 Å². The zero-order valence-electron chi connectivity index (χ0n) is 23.9. The summed E-state index contributed by atoms with van der Waals surface area (Å²) in [6.07, 6.45) is 7.53. The van der Waals surface area contributed by atoms with E-state index in [0.717, 1.165) is 42.1 Å². The van der Waals surface area contributed by atoms with E-state index in [0.29, 0.717) is 29.6 Å². The summed E-state index contributed by atoms with van der Waals surface area (Å²) >= 11 is 1.46. The first-order valence-electron chi connectivity index (χ1n) is 14.3.